The third-order valence-corrected chi connectivity index (χ3v) is 8.67. The fourth-order valence-electron chi connectivity index (χ4n) is 4.89. The molecule has 8 nitrogen and oxygen atoms in total. The quantitative estimate of drug-likeness (QED) is 0.341. The third-order valence-electron chi connectivity index (χ3n) is 6.82. The van der Waals surface area contributed by atoms with Gasteiger partial charge in [0.15, 0.2) is 5.65 Å². The van der Waals surface area contributed by atoms with Crippen molar-refractivity contribution in [1.29, 1.82) is 0 Å². The van der Waals surface area contributed by atoms with Gasteiger partial charge >= 0.3 is 0 Å². The summed E-state index contributed by atoms with van der Waals surface area (Å²) in [5.74, 6) is 1.69. The van der Waals surface area contributed by atoms with E-state index in [1.54, 1.807) is 4.31 Å². The van der Waals surface area contributed by atoms with Gasteiger partial charge in [-0.3, -0.25) is 0 Å². The zero-order chi connectivity index (χ0) is 25.8. The molecule has 0 unspecified atom stereocenters. The number of para-hydroxylation sites is 1. The van der Waals surface area contributed by atoms with Gasteiger partial charge in [0.25, 0.3) is 0 Å². The van der Waals surface area contributed by atoms with E-state index in [2.05, 4.69) is 11.8 Å². The van der Waals surface area contributed by atoms with Gasteiger partial charge in [-0.2, -0.15) is 9.40 Å². The molecule has 3 heterocycles. The van der Waals surface area contributed by atoms with E-state index in [0.29, 0.717) is 19.6 Å². The highest BCUT2D eigenvalue weighted by molar-refractivity contribution is 7.88. The number of aromatic nitrogens is 4. The number of nitrogens with zero attached hydrogens (tertiary/aromatic N) is 6. The Morgan fingerprint density at radius 2 is 1.62 bits per heavy atom. The maximum absolute atomic E-state index is 13.2. The molecule has 9 heteroatoms. The van der Waals surface area contributed by atoms with Crippen LogP contribution in [0.15, 0.2) is 60.7 Å². The molecule has 37 heavy (non-hydrogen) atoms. The molecule has 1 aliphatic rings. The molecule has 194 valence electrons. The zero-order valence-corrected chi connectivity index (χ0v) is 22.4. The Kier molecular flexibility index (Phi) is 7.53. The molecule has 0 saturated carbocycles. The van der Waals surface area contributed by atoms with Crippen LogP contribution in [0.2, 0.25) is 0 Å². The SMILES string of the molecule is CCCCc1nc(N2CCCN(S(=O)(=O)Cc3ccccc3)CC2)c2c(C)nn(-c3ccccc3)c2n1. The van der Waals surface area contributed by atoms with E-state index in [0.717, 1.165) is 71.8 Å². The molecule has 0 radical (unpaired) electrons. The summed E-state index contributed by atoms with van der Waals surface area (Å²) in [5, 5.41) is 5.78. The molecule has 2 aromatic carbocycles. The summed E-state index contributed by atoms with van der Waals surface area (Å²) in [5.41, 5.74) is 3.44. The summed E-state index contributed by atoms with van der Waals surface area (Å²) < 4.78 is 30.0. The van der Waals surface area contributed by atoms with Crippen molar-refractivity contribution in [2.24, 2.45) is 0 Å². The molecule has 5 rings (SSSR count). The normalized spacial score (nSPS) is 15.2. The molecule has 1 saturated heterocycles. The number of hydrogen-bond acceptors (Lipinski definition) is 6. The predicted molar refractivity (Wildman–Crippen MR) is 147 cm³/mol. The molecule has 1 aliphatic heterocycles. The van der Waals surface area contributed by atoms with Crippen LogP contribution in [0.4, 0.5) is 5.82 Å². The number of rotatable bonds is 8. The minimum atomic E-state index is -3.41. The molecule has 0 atom stereocenters. The fourth-order valence-corrected chi connectivity index (χ4v) is 6.45. The van der Waals surface area contributed by atoms with Crippen molar-refractivity contribution in [1.82, 2.24) is 24.1 Å². The first-order valence-electron chi connectivity index (χ1n) is 13.0. The van der Waals surface area contributed by atoms with Crippen LogP contribution in [-0.4, -0.2) is 58.7 Å². The Morgan fingerprint density at radius 3 is 2.35 bits per heavy atom. The molecular weight excluding hydrogens is 484 g/mol. The average Bonchev–Trinajstić information content (AvgIpc) is 3.06. The van der Waals surface area contributed by atoms with Gasteiger partial charge in [-0.1, -0.05) is 61.9 Å². The molecule has 1 fully saturated rings. The molecule has 0 bridgehead atoms. The van der Waals surface area contributed by atoms with Crippen LogP contribution in [0.3, 0.4) is 0 Å². The van der Waals surface area contributed by atoms with Gasteiger partial charge in [-0.15, -0.1) is 0 Å². The summed E-state index contributed by atoms with van der Waals surface area (Å²) >= 11 is 0. The Hall–Kier alpha value is -3.30. The number of fused-ring (bicyclic) bond motifs is 1. The van der Waals surface area contributed by atoms with Gasteiger partial charge in [0.05, 0.1) is 22.5 Å². The largest absolute Gasteiger partial charge is 0.355 e. The van der Waals surface area contributed by atoms with Crippen molar-refractivity contribution >= 4 is 26.9 Å². The van der Waals surface area contributed by atoms with Crippen LogP contribution < -0.4 is 4.90 Å². The van der Waals surface area contributed by atoms with Crippen molar-refractivity contribution in [3.05, 3.63) is 77.7 Å². The van der Waals surface area contributed by atoms with E-state index < -0.39 is 10.0 Å². The summed E-state index contributed by atoms with van der Waals surface area (Å²) in [4.78, 5) is 12.2. The highest BCUT2D eigenvalue weighted by Gasteiger charge is 2.28. The van der Waals surface area contributed by atoms with E-state index >= 15 is 0 Å². The molecule has 0 amide bonds. The third kappa shape index (κ3) is 5.52. The minimum absolute atomic E-state index is 0.0235. The second-order valence-electron chi connectivity index (χ2n) is 9.58. The first kappa shape index (κ1) is 25.4. The van der Waals surface area contributed by atoms with Gasteiger partial charge in [0, 0.05) is 32.6 Å². The Labute approximate surface area is 219 Å². The Balaban J connectivity index is 1.47. The monoisotopic (exact) mass is 518 g/mol. The number of sulfonamides is 1. The topological polar surface area (TPSA) is 84.2 Å². The Morgan fingerprint density at radius 1 is 0.892 bits per heavy atom. The summed E-state index contributed by atoms with van der Waals surface area (Å²) in [6, 6.07) is 19.4. The van der Waals surface area contributed by atoms with Gasteiger partial charge in [-0.25, -0.2) is 23.1 Å². The number of aryl methyl sites for hydroxylation is 2. The molecule has 2 aromatic heterocycles. The maximum Gasteiger partial charge on any atom is 0.218 e. The van der Waals surface area contributed by atoms with E-state index in [1.165, 1.54) is 0 Å². The smallest absolute Gasteiger partial charge is 0.218 e. The van der Waals surface area contributed by atoms with Gasteiger partial charge in [-0.05, 0) is 37.5 Å². The van der Waals surface area contributed by atoms with E-state index in [4.69, 9.17) is 15.1 Å². The fraction of sp³-hybridized carbons (Fsp3) is 0.393. The van der Waals surface area contributed by atoms with Crippen molar-refractivity contribution < 1.29 is 8.42 Å². The number of unbranched alkanes of at least 4 members (excludes halogenated alkanes) is 1. The van der Waals surface area contributed by atoms with Crippen LogP contribution in [0.5, 0.6) is 0 Å². The second kappa shape index (κ2) is 11.0. The molecule has 0 spiro atoms. The van der Waals surface area contributed by atoms with Crippen molar-refractivity contribution in [3.8, 4) is 5.69 Å². The second-order valence-corrected chi connectivity index (χ2v) is 11.5. The minimum Gasteiger partial charge on any atom is -0.355 e. The van der Waals surface area contributed by atoms with Gasteiger partial charge < -0.3 is 4.90 Å². The lowest BCUT2D eigenvalue weighted by Gasteiger charge is -2.24. The van der Waals surface area contributed by atoms with Crippen LogP contribution in [0.25, 0.3) is 16.7 Å². The first-order valence-corrected chi connectivity index (χ1v) is 14.7. The zero-order valence-electron chi connectivity index (χ0n) is 21.5. The molecule has 4 aromatic rings. The van der Waals surface area contributed by atoms with Gasteiger partial charge in [0.1, 0.15) is 11.6 Å². The van der Waals surface area contributed by atoms with Crippen molar-refractivity contribution in [3.63, 3.8) is 0 Å². The average molecular weight is 519 g/mol. The van der Waals surface area contributed by atoms with E-state index in [9.17, 15) is 8.42 Å². The van der Waals surface area contributed by atoms with Crippen LogP contribution in [0, 0.1) is 6.92 Å². The van der Waals surface area contributed by atoms with Crippen LogP contribution in [0.1, 0.15) is 43.3 Å². The standard InChI is InChI=1S/C28H34N6O2S/c1-3-4-16-25-29-27(26-22(2)31-34(28(26)30-25)24-14-9-6-10-15-24)32-17-11-18-33(20-19-32)37(35,36)21-23-12-7-5-8-13-23/h5-10,12-15H,3-4,11,16-21H2,1-2H3. The molecule has 0 aliphatic carbocycles. The van der Waals surface area contributed by atoms with E-state index in [1.807, 2.05) is 72.3 Å². The van der Waals surface area contributed by atoms with Gasteiger partial charge in [0.2, 0.25) is 10.0 Å². The lowest BCUT2D eigenvalue weighted by molar-refractivity contribution is 0.432. The number of hydrogen-bond donors (Lipinski definition) is 0. The highest BCUT2D eigenvalue weighted by Crippen LogP contribution is 2.30. The van der Waals surface area contributed by atoms with E-state index in [-0.39, 0.29) is 5.75 Å². The van der Waals surface area contributed by atoms with Crippen LogP contribution >= 0.6 is 0 Å². The Bertz CT molecular complexity index is 1450. The number of anilines is 1. The van der Waals surface area contributed by atoms with Crippen molar-refractivity contribution in [2.45, 2.75) is 45.3 Å². The first-order chi connectivity index (χ1) is 18.0. The predicted octanol–water partition coefficient (Wildman–Crippen LogP) is 4.51. The highest BCUT2D eigenvalue weighted by atomic mass is 32.2. The number of benzene rings is 2. The lowest BCUT2D eigenvalue weighted by atomic mass is 10.2. The lowest BCUT2D eigenvalue weighted by Crippen LogP contribution is -2.36. The summed E-state index contributed by atoms with van der Waals surface area (Å²) in [6.07, 6.45) is 3.60. The summed E-state index contributed by atoms with van der Waals surface area (Å²) in [6.45, 7) is 6.39. The molecule has 0 N–H and O–H groups in total. The maximum atomic E-state index is 13.2. The summed E-state index contributed by atoms with van der Waals surface area (Å²) in [7, 11) is -3.41. The molecular formula is C28H34N6O2S. The van der Waals surface area contributed by atoms with Crippen LogP contribution in [-0.2, 0) is 22.2 Å². The van der Waals surface area contributed by atoms with Crippen molar-refractivity contribution in [2.75, 3.05) is 31.1 Å².